The SMILES string of the molecule is CC(C)N(C=O)C(F)(F)F. The Kier molecular flexibility index (Phi) is 2.68. The molecular weight excluding hydrogens is 147 g/mol. The fourth-order valence-electron chi connectivity index (χ4n) is 0.474. The van der Waals surface area contributed by atoms with Gasteiger partial charge in [-0.15, -0.1) is 13.2 Å². The molecule has 2 nitrogen and oxygen atoms in total. The van der Waals surface area contributed by atoms with E-state index in [0.29, 0.717) is 0 Å². The van der Waals surface area contributed by atoms with E-state index in [2.05, 4.69) is 0 Å². The first kappa shape index (κ1) is 9.26. The summed E-state index contributed by atoms with van der Waals surface area (Å²) in [6.45, 7) is 2.59. The fourth-order valence-corrected chi connectivity index (χ4v) is 0.474. The molecule has 0 fully saturated rings. The molecule has 0 spiro atoms. The molecule has 0 aromatic carbocycles. The molecule has 0 atom stereocenters. The van der Waals surface area contributed by atoms with Crippen molar-refractivity contribution in [2.45, 2.75) is 26.2 Å². The molecule has 60 valence electrons. The second kappa shape index (κ2) is 2.90. The molecule has 0 heterocycles. The maximum atomic E-state index is 11.7. The summed E-state index contributed by atoms with van der Waals surface area (Å²) in [6, 6.07) is -0.836. The van der Waals surface area contributed by atoms with Crippen molar-refractivity contribution in [1.29, 1.82) is 0 Å². The van der Waals surface area contributed by atoms with E-state index in [1.807, 2.05) is 0 Å². The van der Waals surface area contributed by atoms with E-state index in [1.165, 1.54) is 13.8 Å². The zero-order valence-electron chi connectivity index (χ0n) is 5.64. The third kappa shape index (κ3) is 2.24. The molecule has 0 aromatic rings. The highest BCUT2D eigenvalue weighted by atomic mass is 19.4. The highest BCUT2D eigenvalue weighted by molar-refractivity contribution is 5.48. The standard InChI is InChI=1S/C5H8F3NO/c1-4(2)9(3-10)5(6,7)8/h3-4H,1-2H3. The van der Waals surface area contributed by atoms with Crippen LogP contribution in [0.3, 0.4) is 0 Å². The van der Waals surface area contributed by atoms with Crippen molar-refractivity contribution in [1.82, 2.24) is 4.90 Å². The Morgan fingerprint density at radius 2 is 1.80 bits per heavy atom. The van der Waals surface area contributed by atoms with Gasteiger partial charge in [-0.1, -0.05) is 0 Å². The predicted molar refractivity (Wildman–Crippen MR) is 29.1 cm³/mol. The lowest BCUT2D eigenvalue weighted by Crippen LogP contribution is -2.41. The lowest BCUT2D eigenvalue weighted by Gasteiger charge is -2.23. The van der Waals surface area contributed by atoms with Crippen LogP contribution in [0.2, 0.25) is 0 Å². The number of alkyl halides is 3. The fraction of sp³-hybridized carbons (Fsp3) is 0.800. The zero-order chi connectivity index (χ0) is 8.36. The Morgan fingerprint density at radius 3 is 1.80 bits per heavy atom. The van der Waals surface area contributed by atoms with Crippen molar-refractivity contribution < 1.29 is 18.0 Å². The molecule has 0 aromatic heterocycles. The number of carbonyl (C=O) groups excluding carboxylic acids is 1. The van der Waals surface area contributed by atoms with Crippen molar-refractivity contribution >= 4 is 6.41 Å². The summed E-state index contributed by atoms with van der Waals surface area (Å²) in [4.78, 5) is 9.60. The number of carbonyl (C=O) groups is 1. The van der Waals surface area contributed by atoms with E-state index in [9.17, 15) is 18.0 Å². The Balaban J connectivity index is 4.21. The number of halogens is 3. The highest BCUT2D eigenvalue weighted by Gasteiger charge is 2.37. The smallest absolute Gasteiger partial charge is 0.278 e. The molecule has 0 unspecified atom stereocenters. The zero-order valence-corrected chi connectivity index (χ0v) is 5.64. The molecule has 0 rings (SSSR count). The third-order valence-electron chi connectivity index (χ3n) is 0.963. The molecular formula is C5H8F3NO. The molecule has 10 heavy (non-hydrogen) atoms. The Hall–Kier alpha value is -0.740. The van der Waals surface area contributed by atoms with Gasteiger partial charge < -0.3 is 0 Å². The van der Waals surface area contributed by atoms with Crippen LogP contribution < -0.4 is 0 Å². The Labute approximate surface area is 56.6 Å². The van der Waals surface area contributed by atoms with Gasteiger partial charge in [0.05, 0.1) is 0 Å². The van der Waals surface area contributed by atoms with Gasteiger partial charge in [-0.3, -0.25) is 9.69 Å². The normalized spacial score (nSPS) is 11.8. The van der Waals surface area contributed by atoms with Crippen LogP contribution in [0.1, 0.15) is 13.8 Å². The van der Waals surface area contributed by atoms with E-state index in [1.54, 1.807) is 0 Å². The van der Waals surface area contributed by atoms with E-state index in [-0.39, 0.29) is 11.3 Å². The molecule has 0 N–H and O–H groups in total. The number of hydrogen-bond donors (Lipinski definition) is 0. The van der Waals surface area contributed by atoms with E-state index in [4.69, 9.17) is 0 Å². The first-order valence-corrected chi connectivity index (χ1v) is 2.70. The van der Waals surface area contributed by atoms with Crippen LogP contribution in [-0.2, 0) is 4.79 Å². The minimum absolute atomic E-state index is 0.201. The maximum absolute atomic E-state index is 11.7. The number of hydrogen-bond acceptors (Lipinski definition) is 1. The minimum atomic E-state index is -4.55. The monoisotopic (exact) mass is 155 g/mol. The average Bonchev–Trinajstić information content (AvgIpc) is 1.60. The van der Waals surface area contributed by atoms with E-state index < -0.39 is 12.3 Å². The summed E-state index contributed by atoms with van der Waals surface area (Å²) in [6.07, 6.45) is -4.76. The summed E-state index contributed by atoms with van der Waals surface area (Å²) in [7, 11) is 0. The van der Waals surface area contributed by atoms with Gasteiger partial charge in [0.2, 0.25) is 6.41 Å². The Morgan fingerprint density at radius 1 is 1.40 bits per heavy atom. The lowest BCUT2D eigenvalue weighted by molar-refractivity contribution is -0.241. The summed E-state index contributed by atoms with van der Waals surface area (Å²) >= 11 is 0. The molecule has 0 bridgehead atoms. The lowest BCUT2D eigenvalue weighted by atomic mass is 10.4. The Bertz CT molecular complexity index is 121. The highest BCUT2D eigenvalue weighted by Crippen LogP contribution is 2.21. The van der Waals surface area contributed by atoms with Crippen LogP contribution in [0.15, 0.2) is 0 Å². The number of nitrogens with zero attached hydrogens (tertiary/aromatic N) is 1. The second-order valence-electron chi connectivity index (χ2n) is 2.07. The van der Waals surface area contributed by atoms with Gasteiger partial charge in [0.15, 0.2) is 0 Å². The van der Waals surface area contributed by atoms with Gasteiger partial charge in [0, 0.05) is 6.04 Å². The topological polar surface area (TPSA) is 20.3 Å². The van der Waals surface area contributed by atoms with Crippen molar-refractivity contribution in [2.24, 2.45) is 0 Å². The number of amides is 1. The molecule has 0 saturated carbocycles. The van der Waals surface area contributed by atoms with Crippen LogP contribution in [0.4, 0.5) is 13.2 Å². The summed E-state index contributed by atoms with van der Waals surface area (Å²) in [5.41, 5.74) is 0. The average molecular weight is 155 g/mol. The van der Waals surface area contributed by atoms with E-state index >= 15 is 0 Å². The second-order valence-corrected chi connectivity index (χ2v) is 2.07. The van der Waals surface area contributed by atoms with Crippen LogP contribution in [0.25, 0.3) is 0 Å². The first-order valence-electron chi connectivity index (χ1n) is 2.70. The molecule has 0 aliphatic rings. The van der Waals surface area contributed by atoms with Gasteiger partial charge in [0.1, 0.15) is 0 Å². The number of rotatable bonds is 2. The minimum Gasteiger partial charge on any atom is -0.278 e. The summed E-state index contributed by atoms with van der Waals surface area (Å²) in [5, 5.41) is 0. The molecule has 5 heteroatoms. The quantitative estimate of drug-likeness (QED) is 0.435. The van der Waals surface area contributed by atoms with Crippen molar-refractivity contribution in [3.63, 3.8) is 0 Å². The molecule has 1 amide bonds. The van der Waals surface area contributed by atoms with Crippen LogP contribution in [0, 0.1) is 0 Å². The summed E-state index contributed by atoms with van der Waals surface area (Å²) in [5.74, 6) is 0. The van der Waals surface area contributed by atoms with Gasteiger partial charge in [-0.25, -0.2) is 0 Å². The predicted octanol–water partition coefficient (Wildman–Crippen LogP) is 1.37. The molecule has 0 aliphatic carbocycles. The van der Waals surface area contributed by atoms with Crippen LogP contribution >= 0.6 is 0 Å². The van der Waals surface area contributed by atoms with Gasteiger partial charge >= 0.3 is 6.30 Å². The molecule has 0 saturated heterocycles. The van der Waals surface area contributed by atoms with Crippen molar-refractivity contribution in [2.75, 3.05) is 0 Å². The largest absolute Gasteiger partial charge is 0.487 e. The van der Waals surface area contributed by atoms with Crippen molar-refractivity contribution in [3.05, 3.63) is 0 Å². The van der Waals surface area contributed by atoms with Gasteiger partial charge in [-0.05, 0) is 13.8 Å². The van der Waals surface area contributed by atoms with Crippen molar-refractivity contribution in [3.8, 4) is 0 Å². The van der Waals surface area contributed by atoms with E-state index in [0.717, 1.165) is 0 Å². The summed E-state index contributed by atoms with van der Waals surface area (Å²) < 4.78 is 35.0. The van der Waals surface area contributed by atoms with Gasteiger partial charge in [0.25, 0.3) is 0 Å². The maximum Gasteiger partial charge on any atom is 0.487 e. The van der Waals surface area contributed by atoms with Gasteiger partial charge in [-0.2, -0.15) is 0 Å². The van der Waals surface area contributed by atoms with Crippen LogP contribution in [-0.4, -0.2) is 23.7 Å². The van der Waals surface area contributed by atoms with Crippen LogP contribution in [0.5, 0.6) is 0 Å². The first-order chi connectivity index (χ1) is 4.39. The molecule has 0 radical (unpaired) electrons. The molecule has 0 aliphatic heterocycles. The third-order valence-corrected chi connectivity index (χ3v) is 0.963.